The lowest BCUT2D eigenvalue weighted by Gasteiger charge is -2.42. The molecule has 3 aromatic rings. The highest BCUT2D eigenvalue weighted by Gasteiger charge is 2.64. The monoisotopic (exact) mass is 638 g/mol. The molecule has 5 rings (SSSR count). The van der Waals surface area contributed by atoms with Crippen molar-refractivity contribution in [2.75, 3.05) is 32.1 Å². The van der Waals surface area contributed by atoms with Gasteiger partial charge in [-0.25, -0.2) is 4.98 Å². The van der Waals surface area contributed by atoms with E-state index in [1.807, 2.05) is 0 Å². The molecule has 1 saturated heterocycles. The first-order valence-electron chi connectivity index (χ1n) is 12.9. The second-order valence-corrected chi connectivity index (χ2v) is 12.5. The Balaban J connectivity index is 1.82. The highest BCUT2D eigenvalue weighted by Crippen LogP contribution is 2.54. The zero-order valence-corrected chi connectivity index (χ0v) is 24.6. The van der Waals surface area contributed by atoms with Crippen LogP contribution < -0.4 is 9.04 Å². The number of benzene rings is 2. The topological polar surface area (TPSA) is 120 Å². The van der Waals surface area contributed by atoms with Crippen LogP contribution in [0.3, 0.4) is 0 Å². The molecule has 1 unspecified atom stereocenters. The number of likely N-dealkylation sites (tertiary alicyclic amines) is 1. The number of amides is 2. The number of anilines is 1. The van der Waals surface area contributed by atoms with Crippen molar-refractivity contribution in [1.29, 1.82) is 0 Å². The number of halogens is 4. The maximum atomic E-state index is 14.9. The van der Waals surface area contributed by atoms with Crippen molar-refractivity contribution in [3.05, 3.63) is 82.5 Å². The Kier molecular flexibility index (Phi) is 7.70. The molecular formula is C28H26ClF3N4O6S. The van der Waals surface area contributed by atoms with Crippen LogP contribution in [0.5, 0.6) is 5.75 Å². The summed E-state index contributed by atoms with van der Waals surface area (Å²) in [6.45, 7) is -0.216. The van der Waals surface area contributed by atoms with E-state index in [0.29, 0.717) is 22.6 Å². The summed E-state index contributed by atoms with van der Waals surface area (Å²) in [6, 6.07) is 10.5. The van der Waals surface area contributed by atoms with Gasteiger partial charge < -0.3 is 14.7 Å². The van der Waals surface area contributed by atoms with Gasteiger partial charge in [0.1, 0.15) is 5.75 Å². The maximum absolute atomic E-state index is 14.9. The molecule has 2 aromatic carbocycles. The predicted octanol–water partition coefficient (Wildman–Crippen LogP) is 3.26. The molecule has 2 amide bonds. The molecule has 15 heteroatoms. The summed E-state index contributed by atoms with van der Waals surface area (Å²) in [6.07, 6.45) is -5.54. The number of methoxy groups -OCH3 is 1. The molecule has 3 heterocycles. The summed E-state index contributed by atoms with van der Waals surface area (Å²) in [4.78, 5) is 34.7. The molecule has 1 aromatic heterocycles. The Hall–Kier alpha value is -3.72. The van der Waals surface area contributed by atoms with Gasteiger partial charge in [-0.05, 0) is 42.8 Å². The number of pyridine rings is 1. The highest BCUT2D eigenvalue weighted by atomic mass is 35.5. The van der Waals surface area contributed by atoms with E-state index in [4.69, 9.17) is 16.3 Å². The van der Waals surface area contributed by atoms with Crippen molar-refractivity contribution >= 4 is 39.1 Å². The first-order valence-corrected chi connectivity index (χ1v) is 14.7. The molecule has 1 N–H and O–H groups in total. The van der Waals surface area contributed by atoms with Gasteiger partial charge in [0, 0.05) is 43.0 Å². The van der Waals surface area contributed by atoms with Gasteiger partial charge in [0.15, 0.2) is 10.6 Å². The lowest BCUT2D eigenvalue weighted by Crippen LogP contribution is -2.59. The number of rotatable bonds is 6. The number of hydrogen-bond acceptors (Lipinski definition) is 8. The minimum Gasteiger partial charge on any atom is -0.496 e. The van der Waals surface area contributed by atoms with Gasteiger partial charge in [-0.3, -0.25) is 14.5 Å². The zero-order valence-electron chi connectivity index (χ0n) is 23.0. The normalized spacial score (nSPS) is 22.5. The third-order valence-corrected chi connectivity index (χ3v) is 9.41. The second-order valence-electron chi connectivity index (χ2n) is 10.3. The molecule has 3 atom stereocenters. The van der Waals surface area contributed by atoms with Gasteiger partial charge in [-0.2, -0.15) is 25.9 Å². The van der Waals surface area contributed by atoms with Crippen LogP contribution in [0.2, 0.25) is 5.02 Å². The first-order chi connectivity index (χ1) is 20.1. The predicted molar refractivity (Wildman–Crippen MR) is 149 cm³/mol. The van der Waals surface area contributed by atoms with Crippen LogP contribution in [-0.4, -0.2) is 80.0 Å². The molecule has 0 spiro atoms. The smallest absolute Gasteiger partial charge is 0.417 e. The summed E-state index contributed by atoms with van der Waals surface area (Å²) < 4.78 is 73.8. The van der Waals surface area contributed by atoms with Crippen LogP contribution in [0.25, 0.3) is 0 Å². The van der Waals surface area contributed by atoms with Gasteiger partial charge in [0.2, 0.25) is 5.91 Å². The molecule has 0 bridgehead atoms. The van der Waals surface area contributed by atoms with Crippen LogP contribution in [0.1, 0.15) is 23.1 Å². The number of hydrogen-bond donors (Lipinski definition) is 1. The van der Waals surface area contributed by atoms with Gasteiger partial charge in [-0.15, -0.1) is 0 Å². The zero-order chi connectivity index (χ0) is 31.5. The van der Waals surface area contributed by atoms with E-state index in [0.717, 1.165) is 0 Å². The van der Waals surface area contributed by atoms with E-state index in [1.165, 1.54) is 55.3 Å². The lowest BCUT2D eigenvalue weighted by atomic mass is 9.80. The number of ether oxygens (including phenoxy) is 1. The molecule has 0 saturated carbocycles. The van der Waals surface area contributed by atoms with Crippen LogP contribution in [0.15, 0.2) is 65.8 Å². The number of alkyl halides is 3. The standard InChI is InChI=1S/C28H26ClF3N4O6S/c1-34(2)25(38)22-13-18(37)15-35(22)27(19-6-4-5-7-23(19)42-3)20-12-17(29)9-10-21(20)36(26(27)39)43(40,41)24-11-8-16(14-33-24)28(30,31)32/h4-12,14,18,22,37H,13,15H2,1-3H3/t18-,22+,27?/m1/s1. The Morgan fingerprint density at radius 2 is 1.84 bits per heavy atom. The van der Waals surface area contributed by atoms with Gasteiger partial charge in [0.05, 0.1) is 30.5 Å². The largest absolute Gasteiger partial charge is 0.496 e. The third-order valence-electron chi connectivity index (χ3n) is 7.56. The number of aromatic nitrogens is 1. The molecule has 228 valence electrons. The number of carbonyl (C=O) groups excluding carboxylic acids is 2. The Morgan fingerprint density at radius 3 is 2.44 bits per heavy atom. The number of likely N-dealkylation sites (N-methyl/N-ethyl adjacent to an activating group) is 1. The van der Waals surface area contributed by atoms with Crippen LogP contribution in [0.4, 0.5) is 18.9 Å². The van der Waals surface area contributed by atoms with E-state index in [-0.39, 0.29) is 40.6 Å². The average molecular weight is 639 g/mol. The van der Waals surface area contributed by atoms with Crippen molar-refractivity contribution in [3.63, 3.8) is 0 Å². The number of carbonyl (C=O) groups is 2. The minimum absolute atomic E-state index is 0.0652. The van der Waals surface area contributed by atoms with Gasteiger partial charge in [-0.1, -0.05) is 29.8 Å². The lowest BCUT2D eigenvalue weighted by molar-refractivity contribution is -0.139. The Bertz CT molecular complexity index is 1700. The summed E-state index contributed by atoms with van der Waals surface area (Å²) in [5.74, 6) is -1.36. The van der Waals surface area contributed by atoms with Crippen molar-refractivity contribution in [1.82, 2.24) is 14.8 Å². The van der Waals surface area contributed by atoms with Crippen molar-refractivity contribution in [2.45, 2.75) is 35.3 Å². The number of nitrogens with zero attached hydrogens (tertiary/aromatic N) is 4. The van der Waals surface area contributed by atoms with Crippen molar-refractivity contribution in [2.24, 2.45) is 0 Å². The highest BCUT2D eigenvalue weighted by molar-refractivity contribution is 7.93. The SMILES string of the molecule is COc1ccccc1C1(N2C[C@H](O)C[C@H]2C(=O)N(C)C)C(=O)N(S(=O)(=O)c2ccc(C(F)(F)F)cn2)c2ccc(Cl)cc21. The Morgan fingerprint density at radius 1 is 1.14 bits per heavy atom. The van der Waals surface area contributed by atoms with Crippen LogP contribution in [0, 0.1) is 0 Å². The quantitative estimate of drug-likeness (QED) is 0.437. The van der Waals surface area contributed by atoms with Crippen molar-refractivity contribution in [3.8, 4) is 5.75 Å². The fourth-order valence-corrected chi connectivity index (χ4v) is 7.29. The first kappa shape index (κ1) is 30.7. The summed E-state index contributed by atoms with van der Waals surface area (Å²) >= 11 is 6.41. The van der Waals surface area contributed by atoms with Crippen LogP contribution in [-0.2, 0) is 31.3 Å². The molecule has 2 aliphatic rings. The number of β-amino-alcohol motifs (C(OH)–C–C–N with tert-alkyl or cyclic N) is 1. The van der Waals surface area contributed by atoms with E-state index < -0.39 is 56.3 Å². The fraction of sp³-hybridized carbons (Fsp3) is 0.321. The molecule has 2 aliphatic heterocycles. The molecule has 43 heavy (non-hydrogen) atoms. The molecule has 1 fully saturated rings. The number of aliphatic hydroxyl groups is 1. The molecular weight excluding hydrogens is 613 g/mol. The maximum Gasteiger partial charge on any atom is 0.417 e. The average Bonchev–Trinajstić information content (AvgIpc) is 3.46. The fourth-order valence-electron chi connectivity index (χ4n) is 5.73. The molecule has 0 aliphatic carbocycles. The molecule has 0 radical (unpaired) electrons. The van der Waals surface area contributed by atoms with E-state index in [2.05, 4.69) is 4.98 Å². The van der Waals surface area contributed by atoms with E-state index in [9.17, 15) is 36.3 Å². The summed E-state index contributed by atoms with van der Waals surface area (Å²) in [5, 5.41) is 10.1. The number of aliphatic hydroxyl groups excluding tert-OH is 1. The minimum atomic E-state index is -4.94. The summed E-state index contributed by atoms with van der Waals surface area (Å²) in [5.41, 5.74) is -3.18. The number of sulfonamides is 1. The van der Waals surface area contributed by atoms with Crippen molar-refractivity contribution < 1.29 is 41.0 Å². The van der Waals surface area contributed by atoms with E-state index in [1.54, 1.807) is 18.2 Å². The second kappa shape index (κ2) is 10.8. The summed E-state index contributed by atoms with van der Waals surface area (Å²) in [7, 11) is -0.563. The number of para-hydroxylation sites is 1. The third kappa shape index (κ3) is 4.82. The molecule has 10 nitrogen and oxygen atoms in total. The number of fused-ring (bicyclic) bond motifs is 1. The Labute approximate surface area is 250 Å². The van der Waals surface area contributed by atoms with Gasteiger partial charge in [0.25, 0.3) is 15.9 Å². The van der Waals surface area contributed by atoms with Crippen LogP contribution >= 0.6 is 11.6 Å². The van der Waals surface area contributed by atoms with Gasteiger partial charge >= 0.3 is 6.18 Å². The van der Waals surface area contributed by atoms with E-state index >= 15 is 0 Å².